The van der Waals surface area contributed by atoms with Gasteiger partial charge in [-0.05, 0) is 31.2 Å². The maximum Gasteiger partial charge on any atom is 0.325 e. The molecule has 0 unspecified atom stereocenters. The maximum atomic E-state index is 12.0. The van der Waals surface area contributed by atoms with Crippen LogP contribution in [0.3, 0.4) is 0 Å². The van der Waals surface area contributed by atoms with Gasteiger partial charge >= 0.3 is 5.97 Å². The standard InChI is InChI=1S/C18H17Cl2NO4/c1-2-24-16-6-4-3-5-13(16)11-25-17(22)10-21-18(23)12-7-8-14(19)15(20)9-12/h3-9H,2,10-11H2,1H3,(H,21,23). The monoisotopic (exact) mass is 381 g/mol. The summed E-state index contributed by atoms with van der Waals surface area (Å²) < 4.78 is 10.6. The van der Waals surface area contributed by atoms with E-state index < -0.39 is 11.9 Å². The average Bonchev–Trinajstić information content (AvgIpc) is 2.61. The van der Waals surface area contributed by atoms with Gasteiger partial charge in [-0.25, -0.2) is 0 Å². The molecule has 5 nitrogen and oxygen atoms in total. The van der Waals surface area contributed by atoms with E-state index in [1.54, 1.807) is 6.07 Å². The first-order chi connectivity index (χ1) is 12.0. The number of amides is 1. The van der Waals surface area contributed by atoms with E-state index in [0.29, 0.717) is 22.9 Å². The molecule has 0 bridgehead atoms. The second-order valence-electron chi connectivity index (χ2n) is 5.01. The van der Waals surface area contributed by atoms with Gasteiger partial charge in [0.2, 0.25) is 0 Å². The van der Waals surface area contributed by atoms with Crippen LogP contribution in [-0.4, -0.2) is 25.0 Å². The number of halogens is 2. The van der Waals surface area contributed by atoms with Gasteiger partial charge in [-0.15, -0.1) is 0 Å². The molecule has 0 fully saturated rings. The van der Waals surface area contributed by atoms with Gasteiger partial charge in [0.1, 0.15) is 18.9 Å². The zero-order valence-electron chi connectivity index (χ0n) is 13.6. The Morgan fingerprint density at radius 3 is 2.56 bits per heavy atom. The third-order valence-electron chi connectivity index (χ3n) is 3.24. The SMILES string of the molecule is CCOc1ccccc1COC(=O)CNC(=O)c1ccc(Cl)c(Cl)c1. The van der Waals surface area contributed by atoms with Crippen LogP contribution in [0.15, 0.2) is 42.5 Å². The lowest BCUT2D eigenvalue weighted by Crippen LogP contribution is -2.30. The van der Waals surface area contributed by atoms with Crippen molar-refractivity contribution in [2.75, 3.05) is 13.2 Å². The van der Waals surface area contributed by atoms with Crippen molar-refractivity contribution in [3.63, 3.8) is 0 Å². The fourth-order valence-corrected chi connectivity index (χ4v) is 2.32. The minimum atomic E-state index is -0.556. The Labute approximate surface area is 155 Å². The highest BCUT2D eigenvalue weighted by atomic mass is 35.5. The molecule has 25 heavy (non-hydrogen) atoms. The predicted octanol–water partition coefficient (Wildman–Crippen LogP) is 3.87. The zero-order chi connectivity index (χ0) is 18.2. The molecule has 0 saturated carbocycles. The van der Waals surface area contributed by atoms with Crippen LogP contribution in [0.2, 0.25) is 10.0 Å². The summed E-state index contributed by atoms with van der Waals surface area (Å²) in [4.78, 5) is 23.8. The number of rotatable bonds is 7. The lowest BCUT2D eigenvalue weighted by atomic mass is 10.2. The van der Waals surface area contributed by atoms with E-state index in [0.717, 1.165) is 5.56 Å². The Hall–Kier alpha value is -2.24. The third-order valence-corrected chi connectivity index (χ3v) is 3.98. The van der Waals surface area contributed by atoms with Crippen molar-refractivity contribution in [1.82, 2.24) is 5.32 Å². The van der Waals surface area contributed by atoms with Crippen molar-refractivity contribution >= 4 is 35.1 Å². The smallest absolute Gasteiger partial charge is 0.325 e. The third kappa shape index (κ3) is 5.66. The molecule has 2 aromatic carbocycles. The average molecular weight is 382 g/mol. The summed E-state index contributed by atoms with van der Waals surface area (Å²) in [7, 11) is 0. The van der Waals surface area contributed by atoms with Crippen LogP contribution in [0, 0.1) is 0 Å². The number of carbonyl (C=O) groups excluding carboxylic acids is 2. The molecule has 2 aromatic rings. The molecular weight excluding hydrogens is 365 g/mol. The quantitative estimate of drug-likeness (QED) is 0.739. The molecular formula is C18H17Cl2NO4. The van der Waals surface area contributed by atoms with Gasteiger partial charge in [0, 0.05) is 11.1 Å². The first-order valence-electron chi connectivity index (χ1n) is 7.60. The molecule has 0 saturated heterocycles. The van der Waals surface area contributed by atoms with Crippen LogP contribution in [0.4, 0.5) is 0 Å². The summed E-state index contributed by atoms with van der Waals surface area (Å²) in [6, 6.07) is 11.8. The summed E-state index contributed by atoms with van der Waals surface area (Å²) >= 11 is 11.7. The molecule has 0 radical (unpaired) electrons. The van der Waals surface area contributed by atoms with Crippen LogP contribution in [0.25, 0.3) is 0 Å². The van der Waals surface area contributed by atoms with Gasteiger partial charge in [0.25, 0.3) is 5.91 Å². The van der Waals surface area contributed by atoms with E-state index in [9.17, 15) is 9.59 Å². The predicted molar refractivity (Wildman–Crippen MR) is 96.2 cm³/mol. The van der Waals surface area contributed by atoms with Crippen LogP contribution in [0.5, 0.6) is 5.75 Å². The number of ether oxygens (including phenoxy) is 2. The van der Waals surface area contributed by atoms with Gasteiger partial charge in [-0.1, -0.05) is 41.4 Å². The van der Waals surface area contributed by atoms with Gasteiger partial charge in [0.05, 0.1) is 16.7 Å². The fourth-order valence-electron chi connectivity index (χ4n) is 2.02. The van der Waals surface area contributed by atoms with Crippen LogP contribution in [0.1, 0.15) is 22.8 Å². The molecule has 0 aromatic heterocycles. The van der Waals surface area contributed by atoms with E-state index >= 15 is 0 Å². The summed E-state index contributed by atoms with van der Waals surface area (Å²) in [5, 5.41) is 3.10. The first kappa shape index (κ1) is 19.1. The summed E-state index contributed by atoms with van der Waals surface area (Å²) in [6.07, 6.45) is 0. The highest BCUT2D eigenvalue weighted by Gasteiger charge is 2.11. The molecule has 1 N–H and O–H groups in total. The Kier molecular flexibility index (Phi) is 7.10. The highest BCUT2D eigenvalue weighted by Crippen LogP contribution is 2.22. The second kappa shape index (κ2) is 9.30. The Morgan fingerprint density at radius 2 is 1.84 bits per heavy atom. The zero-order valence-corrected chi connectivity index (χ0v) is 15.1. The molecule has 2 rings (SSSR count). The minimum Gasteiger partial charge on any atom is -0.493 e. The van der Waals surface area contributed by atoms with Crippen LogP contribution in [-0.2, 0) is 16.1 Å². The fraction of sp³-hybridized carbons (Fsp3) is 0.222. The number of hydrogen-bond acceptors (Lipinski definition) is 4. The molecule has 7 heteroatoms. The number of carbonyl (C=O) groups is 2. The molecule has 0 aliphatic heterocycles. The van der Waals surface area contributed by atoms with Crippen molar-refractivity contribution in [3.8, 4) is 5.75 Å². The minimum absolute atomic E-state index is 0.0671. The van der Waals surface area contributed by atoms with Crippen LogP contribution >= 0.6 is 23.2 Å². The van der Waals surface area contributed by atoms with E-state index in [2.05, 4.69) is 5.32 Å². The van der Waals surface area contributed by atoms with Gasteiger partial charge < -0.3 is 14.8 Å². The summed E-state index contributed by atoms with van der Waals surface area (Å²) in [5.74, 6) is -0.331. The number of nitrogens with one attached hydrogen (secondary N) is 1. The molecule has 0 spiro atoms. The molecule has 0 aliphatic carbocycles. The van der Waals surface area contributed by atoms with Crippen molar-refractivity contribution in [3.05, 3.63) is 63.6 Å². The van der Waals surface area contributed by atoms with E-state index in [1.165, 1.54) is 18.2 Å². The highest BCUT2D eigenvalue weighted by molar-refractivity contribution is 6.42. The van der Waals surface area contributed by atoms with Gasteiger partial charge in [0.15, 0.2) is 0 Å². The molecule has 0 heterocycles. The first-order valence-corrected chi connectivity index (χ1v) is 8.36. The molecule has 0 atom stereocenters. The van der Waals surface area contributed by atoms with Crippen molar-refractivity contribution in [2.24, 2.45) is 0 Å². The topological polar surface area (TPSA) is 64.6 Å². The molecule has 1 amide bonds. The molecule has 132 valence electrons. The van der Waals surface area contributed by atoms with E-state index in [1.807, 2.05) is 25.1 Å². The second-order valence-corrected chi connectivity index (χ2v) is 5.83. The number of para-hydroxylation sites is 1. The number of esters is 1. The Morgan fingerprint density at radius 1 is 1.08 bits per heavy atom. The lowest BCUT2D eigenvalue weighted by molar-refractivity contribution is -0.143. The van der Waals surface area contributed by atoms with E-state index in [4.69, 9.17) is 32.7 Å². The normalized spacial score (nSPS) is 10.2. The Bertz CT molecular complexity index is 764. The maximum absolute atomic E-state index is 12.0. The lowest BCUT2D eigenvalue weighted by Gasteiger charge is -2.11. The Balaban J connectivity index is 1.84. The van der Waals surface area contributed by atoms with Gasteiger partial charge in [-0.3, -0.25) is 9.59 Å². The largest absolute Gasteiger partial charge is 0.493 e. The molecule has 0 aliphatic rings. The van der Waals surface area contributed by atoms with Crippen molar-refractivity contribution in [1.29, 1.82) is 0 Å². The van der Waals surface area contributed by atoms with Crippen molar-refractivity contribution in [2.45, 2.75) is 13.5 Å². The van der Waals surface area contributed by atoms with Crippen LogP contribution < -0.4 is 10.1 Å². The van der Waals surface area contributed by atoms with Gasteiger partial charge in [-0.2, -0.15) is 0 Å². The summed E-state index contributed by atoms with van der Waals surface area (Å²) in [5.41, 5.74) is 1.07. The van der Waals surface area contributed by atoms with E-state index in [-0.39, 0.29) is 18.2 Å². The number of benzene rings is 2. The summed E-state index contributed by atoms with van der Waals surface area (Å²) in [6.45, 7) is 2.21. The number of hydrogen-bond donors (Lipinski definition) is 1. The van der Waals surface area contributed by atoms with Crippen molar-refractivity contribution < 1.29 is 19.1 Å².